The SMILES string of the molecule is CC(C)CC(O)C(N)Oc1ccc(OCCOc2ncc(Br)s2)cc1. The molecule has 0 aliphatic rings. The summed E-state index contributed by atoms with van der Waals surface area (Å²) in [5.41, 5.74) is 5.86. The molecule has 8 heteroatoms. The van der Waals surface area contributed by atoms with Crippen molar-refractivity contribution in [2.24, 2.45) is 11.7 Å². The molecular formula is C17H23BrN2O4S. The fourth-order valence-corrected chi connectivity index (χ4v) is 3.10. The number of nitrogens with zero attached hydrogens (tertiary/aromatic N) is 1. The second-order valence-corrected chi connectivity index (χ2v) is 8.25. The van der Waals surface area contributed by atoms with E-state index in [2.05, 4.69) is 20.9 Å². The van der Waals surface area contributed by atoms with Gasteiger partial charge in [0.2, 0.25) is 0 Å². The van der Waals surface area contributed by atoms with E-state index in [0.717, 1.165) is 3.79 Å². The number of nitrogens with two attached hydrogens (primary N) is 1. The maximum Gasteiger partial charge on any atom is 0.274 e. The Hall–Kier alpha value is -1.35. The minimum atomic E-state index is -0.750. The molecule has 0 radical (unpaired) electrons. The smallest absolute Gasteiger partial charge is 0.274 e. The largest absolute Gasteiger partial charge is 0.490 e. The van der Waals surface area contributed by atoms with Gasteiger partial charge in [-0.1, -0.05) is 25.2 Å². The zero-order chi connectivity index (χ0) is 18.2. The van der Waals surface area contributed by atoms with Gasteiger partial charge in [-0.05, 0) is 52.5 Å². The Morgan fingerprint density at radius 2 is 1.80 bits per heavy atom. The number of hydrogen-bond acceptors (Lipinski definition) is 7. The number of aromatic nitrogens is 1. The van der Waals surface area contributed by atoms with Gasteiger partial charge in [0.05, 0.1) is 9.98 Å². The molecule has 2 atom stereocenters. The van der Waals surface area contributed by atoms with Gasteiger partial charge in [0.15, 0.2) is 6.23 Å². The summed E-state index contributed by atoms with van der Waals surface area (Å²) in [5.74, 6) is 1.65. The molecule has 0 amide bonds. The molecule has 2 unspecified atom stereocenters. The number of benzene rings is 1. The number of aliphatic hydroxyl groups excluding tert-OH is 1. The van der Waals surface area contributed by atoms with Crippen molar-refractivity contribution in [2.45, 2.75) is 32.6 Å². The van der Waals surface area contributed by atoms with Crippen LogP contribution in [-0.4, -0.2) is 35.6 Å². The summed E-state index contributed by atoms with van der Waals surface area (Å²) >= 11 is 4.76. The van der Waals surface area contributed by atoms with Gasteiger partial charge in [0.1, 0.15) is 30.8 Å². The third-order valence-corrected chi connectivity index (χ3v) is 4.61. The van der Waals surface area contributed by atoms with Gasteiger partial charge in [0, 0.05) is 0 Å². The third-order valence-electron chi connectivity index (χ3n) is 3.22. The van der Waals surface area contributed by atoms with Crippen LogP contribution in [-0.2, 0) is 0 Å². The van der Waals surface area contributed by atoms with E-state index < -0.39 is 12.3 Å². The van der Waals surface area contributed by atoms with Crippen molar-refractivity contribution in [3.63, 3.8) is 0 Å². The Balaban J connectivity index is 1.72. The first-order valence-electron chi connectivity index (χ1n) is 8.01. The number of rotatable bonds is 10. The lowest BCUT2D eigenvalue weighted by Gasteiger charge is -2.21. The predicted octanol–water partition coefficient (Wildman–Crippen LogP) is 3.43. The Bertz CT molecular complexity index is 636. The van der Waals surface area contributed by atoms with E-state index in [-0.39, 0.29) is 0 Å². The standard InChI is InChI=1S/C17H23BrN2O4S/c1-11(2)9-14(21)16(19)24-13-5-3-12(4-6-13)22-7-8-23-17-20-10-15(18)25-17/h3-6,10-11,14,16,21H,7-9,19H2,1-2H3. The first-order chi connectivity index (χ1) is 11.9. The molecule has 25 heavy (non-hydrogen) atoms. The zero-order valence-corrected chi connectivity index (χ0v) is 16.6. The summed E-state index contributed by atoms with van der Waals surface area (Å²) in [6, 6.07) is 7.10. The number of aliphatic hydroxyl groups is 1. The molecular weight excluding hydrogens is 408 g/mol. The maximum absolute atomic E-state index is 9.95. The summed E-state index contributed by atoms with van der Waals surface area (Å²) in [7, 11) is 0. The number of thiazole rings is 1. The first kappa shape index (κ1) is 20.0. The fraction of sp³-hybridized carbons (Fsp3) is 0.471. The summed E-state index contributed by atoms with van der Waals surface area (Å²) in [6.45, 7) is 4.87. The van der Waals surface area contributed by atoms with Crippen LogP contribution in [0.5, 0.6) is 16.7 Å². The van der Waals surface area contributed by atoms with E-state index in [1.165, 1.54) is 11.3 Å². The molecule has 2 aromatic rings. The topological polar surface area (TPSA) is 86.8 Å². The molecule has 0 aliphatic carbocycles. The van der Waals surface area contributed by atoms with Crippen LogP contribution in [0.2, 0.25) is 0 Å². The summed E-state index contributed by atoms with van der Waals surface area (Å²) in [6.07, 6.45) is 0.847. The van der Waals surface area contributed by atoms with Crippen LogP contribution in [0.15, 0.2) is 34.2 Å². The van der Waals surface area contributed by atoms with E-state index in [1.807, 2.05) is 13.8 Å². The lowest BCUT2D eigenvalue weighted by atomic mass is 10.1. The Labute approximate surface area is 160 Å². The fourth-order valence-electron chi connectivity index (χ4n) is 2.06. The minimum Gasteiger partial charge on any atom is -0.490 e. The monoisotopic (exact) mass is 430 g/mol. The summed E-state index contributed by atoms with van der Waals surface area (Å²) < 4.78 is 17.5. The second kappa shape index (κ2) is 9.96. The molecule has 0 aliphatic heterocycles. The van der Waals surface area contributed by atoms with Crippen LogP contribution in [0.4, 0.5) is 0 Å². The molecule has 1 aromatic heterocycles. The number of hydrogen-bond donors (Lipinski definition) is 2. The van der Waals surface area contributed by atoms with Crippen LogP contribution in [0.3, 0.4) is 0 Å². The molecule has 1 heterocycles. The van der Waals surface area contributed by atoms with Crippen molar-refractivity contribution in [3.8, 4) is 16.7 Å². The molecule has 0 spiro atoms. The highest BCUT2D eigenvalue weighted by atomic mass is 79.9. The van der Waals surface area contributed by atoms with Gasteiger partial charge in [-0.15, -0.1) is 0 Å². The molecule has 3 N–H and O–H groups in total. The van der Waals surface area contributed by atoms with Crippen molar-refractivity contribution >= 4 is 27.3 Å². The van der Waals surface area contributed by atoms with Gasteiger partial charge in [0.25, 0.3) is 5.19 Å². The van der Waals surface area contributed by atoms with Crippen LogP contribution in [0.1, 0.15) is 20.3 Å². The van der Waals surface area contributed by atoms with Crippen LogP contribution in [0.25, 0.3) is 0 Å². The van der Waals surface area contributed by atoms with Crippen molar-refractivity contribution in [2.75, 3.05) is 13.2 Å². The van der Waals surface area contributed by atoms with Gasteiger partial charge >= 0.3 is 0 Å². The molecule has 0 saturated heterocycles. The first-order valence-corrected chi connectivity index (χ1v) is 9.62. The van der Waals surface area contributed by atoms with Gasteiger partial charge in [-0.3, -0.25) is 5.73 Å². The highest BCUT2D eigenvalue weighted by Gasteiger charge is 2.17. The second-order valence-electron chi connectivity index (χ2n) is 5.88. The highest BCUT2D eigenvalue weighted by Crippen LogP contribution is 2.25. The maximum atomic E-state index is 9.95. The van der Waals surface area contributed by atoms with Gasteiger partial charge < -0.3 is 19.3 Å². The Morgan fingerprint density at radius 3 is 2.40 bits per heavy atom. The van der Waals surface area contributed by atoms with Crippen molar-refractivity contribution < 1.29 is 19.3 Å². The van der Waals surface area contributed by atoms with Gasteiger partial charge in [-0.25, -0.2) is 4.98 Å². The normalized spacial score (nSPS) is 13.5. The van der Waals surface area contributed by atoms with Crippen molar-refractivity contribution in [1.82, 2.24) is 4.98 Å². The lowest BCUT2D eigenvalue weighted by molar-refractivity contribution is 0.0268. The molecule has 138 valence electrons. The molecule has 6 nitrogen and oxygen atoms in total. The molecule has 1 aromatic carbocycles. The lowest BCUT2D eigenvalue weighted by Crippen LogP contribution is -2.40. The van der Waals surface area contributed by atoms with E-state index in [4.69, 9.17) is 19.9 Å². The van der Waals surface area contributed by atoms with Crippen LogP contribution < -0.4 is 19.9 Å². The minimum absolute atomic E-state index is 0.355. The Morgan fingerprint density at radius 1 is 1.16 bits per heavy atom. The van der Waals surface area contributed by atoms with E-state index in [0.29, 0.717) is 42.2 Å². The quantitative estimate of drug-likeness (QED) is 0.443. The number of ether oxygens (including phenoxy) is 3. The average Bonchev–Trinajstić information content (AvgIpc) is 2.98. The predicted molar refractivity (Wildman–Crippen MR) is 101 cm³/mol. The Kier molecular flexibility index (Phi) is 7.95. The average molecular weight is 431 g/mol. The van der Waals surface area contributed by atoms with E-state index in [9.17, 15) is 5.11 Å². The molecule has 0 fully saturated rings. The summed E-state index contributed by atoms with van der Waals surface area (Å²) in [5, 5.41) is 10.6. The molecule has 2 rings (SSSR count). The van der Waals surface area contributed by atoms with Gasteiger partial charge in [-0.2, -0.15) is 0 Å². The number of halogens is 1. The van der Waals surface area contributed by atoms with Crippen LogP contribution in [0, 0.1) is 5.92 Å². The summed E-state index contributed by atoms with van der Waals surface area (Å²) in [4.78, 5) is 4.08. The van der Waals surface area contributed by atoms with E-state index >= 15 is 0 Å². The van der Waals surface area contributed by atoms with Crippen molar-refractivity contribution in [1.29, 1.82) is 0 Å². The molecule has 0 bridgehead atoms. The van der Waals surface area contributed by atoms with Crippen LogP contribution >= 0.6 is 27.3 Å². The van der Waals surface area contributed by atoms with Crippen molar-refractivity contribution in [3.05, 3.63) is 34.2 Å². The highest BCUT2D eigenvalue weighted by molar-refractivity contribution is 9.11. The zero-order valence-electron chi connectivity index (χ0n) is 14.2. The van der Waals surface area contributed by atoms with E-state index in [1.54, 1.807) is 30.5 Å². The third kappa shape index (κ3) is 7.19. The molecule has 0 saturated carbocycles.